The van der Waals surface area contributed by atoms with E-state index < -0.39 is 15.9 Å². The van der Waals surface area contributed by atoms with Gasteiger partial charge in [0.05, 0.1) is 17.4 Å². The van der Waals surface area contributed by atoms with Crippen molar-refractivity contribution in [3.05, 3.63) is 84.6 Å². The fraction of sp³-hybridized carbons (Fsp3) is 0.267. The number of carbonyl (C=O) groups excluding carboxylic acids is 1. The summed E-state index contributed by atoms with van der Waals surface area (Å²) in [6, 6.07) is 20.6. The van der Waals surface area contributed by atoms with Gasteiger partial charge in [0.2, 0.25) is 5.88 Å². The summed E-state index contributed by atoms with van der Waals surface area (Å²) < 4.78 is 39.8. The highest BCUT2D eigenvalue weighted by Gasteiger charge is 2.28. The summed E-state index contributed by atoms with van der Waals surface area (Å²) in [5.74, 6) is 0.854. The predicted octanol–water partition coefficient (Wildman–Crippen LogP) is 4.07. The van der Waals surface area contributed by atoms with Gasteiger partial charge in [0.1, 0.15) is 23.5 Å². The number of hydrogen-bond acceptors (Lipinski definition) is 10. The number of amides is 1. The highest BCUT2D eigenvalue weighted by atomic mass is 32.2. The van der Waals surface area contributed by atoms with E-state index in [1.807, 2.05) is 55.1 Å². The molecule has 3 N–H and O–H groups in total. The topological polar surface area (TPSA) is 150 Å². The molecule has 5 rings (SSSR count). The Labute approximate surface area is 244 Å². The van der Waals surface area contributed by atoms with Gasteiger partial charge in [0, 0.05) is 43.8 Å². The molecule has 1 aromatic carbocycles. The van der Waals surface area contributed by atoms with Crippen LogP contribution in [0, 0.1) is 0 Å². The fourth-order valence-corrected chi connectivity index (χ4v) is 5.50. The third-order valence-corrected chi connectivity index (χ3v) is 7.78. The van der Waals surface area contributed by atoms with E-state index >= 15 is 0 Å². The van der Waals surface area contributed by atoms with Crippen molar-refractivity contribution >= 4 is 27.6 Å². The molecule has 0 unspecified atom stereocenters. The van der Waals surface area contributed by atoms with Crippen LogP contribution in [0.4, 0.5) is 11.6 Å². The first-order valence-electron chi connectivity index (χ1n) is 13.6. The molecule has 3 aromatic heterocycles. The molecule has 0 saturated carbocycles. The SMILES string of the molecule is CC(C)Oc1ccc(-c2ccc(C(=O)NS(=O)(=O)c3cccc(N)n3)c(N3CCC(Oc4ccccc4)CC3)n2)cn1. The van der Waals surface area contributed by atoms with Crippen molar-refractivity contribution in [3.8, 4) is 22.9 Å². The number of carbonyl (C=O) groups is 1. The molecule has 4 heterocycles. The lowest BCUT2D eigenvalue weighted by Crippen LogP contribution is -2.40. The second kappa shape index (κ2) is 12.4. The number of sulfonamides is 1. The number of pyridine rings is 3. The number of nitrogens with one attached hydrogen (secondary N) is 1. The van der Waals surface area contributed by atoms with E-state index in [0.29, 0.717) is 43.3 Å². The number of benzene rings is 1. The highest BCUT2D eigenvalue weighted by Crippen LogP contribution is 2.29. The molecule has 12 heteroatoms. The maximum Gasteiger partial charge on any atom is 0.281 e. The Bertz CT molecular complexity index is 1640. The third-order valence-electron chi connectivity index (χ3n) is 6.54. The lowest BCUT2D eigenvalue weighted by atomic mass is 10.1. The third kappa shape index (κ3) is 6.95. The summed E-state index contributed by atoms with van der Waals surface area (Å²) in [6.45, 7) is 4.95. The van der Waals surface area contributed by atoms with Gasteiger partial charge in [-0.2, -0.15) is 8.42 Å². The van der Waals surface area contributed by atoms with Gasteiger partial charge in [-0.05, 0) is 56.3 Å². The normalized spacial score (nSPS) is 14.0. The zero-order chi connectivity index (χ0) is 29.7. The largest absolute Gasteiger partial charge is 0.490 e. The Morgan fingerprint density at radius 1 is 0.976 bits per heavy atom. The summed E-state index contributed by atoms with van der Waals surface area (Å²) in [4.78, 5) is 28.4. The minimum Gasteiger partial charge on any atom is -0.490 e. The Balaban J connectivity index is 1.42. The van der Waals surface area contributed by atoms with Crippen molar-refractivity contribution in [2.75, 3.05) is 23.7 Å². The number of ether oxygens (including phenoxy) is 2. The van der Waals surface area contributed by atoms with Crippen LogP contribution >= 0.6 is 0 Å². The van der Waals surface area contributed by atoms with Gasteiger partial charge >= 0.3 is 0 Å². The van der Waals surface area contributed by atoms with Gasteiger partial charge < -0.3 is 20.1 Å². The zero-order valence-corrected chi connectivity index (χ0v) is 24.1. The molecule has 1 fully saturated rings. The van der Waals surface area contributed by atoms with Gasteiger partial charge in [-0.3, -0.25) is 4.79 Å². The summed E-state index contributed by atoms with van der Waals surface area (Å²) in [5, 5.41) is -0.351. The molecule has 11 nitrogen and oxygen atoms in total. The van der Waals surface area contributed by atoms with Crippen LogP contribution in [0.25, 0.3) is 11.3 Å². The Hall–Kier alpha value is -4.71. The molecular formula is C30H32N6O5S. The molecule has 218 valence electrons. The molecule has 4 aromatic rings. The van der Waals surface area contributed by atoms with Crippen molar-refractivity contribution in [1.29, 1.82) is 0 Å². The van der Waals surface area contributed by atoms with Gasteiger partial charge in [0.25, 0.3) is 15.9 Å². The van der Waals surface area contributed by atoms with Crippen LogP contribution < -0.4 is 24.8 Å². The first kappa shape index (κ1) is 28.8. The average molecular weight is 589 g/mol. The first-order chi connectivity index (χ1) is 20.2. The maximum atomic E-state index is 13.4. The van der Waals surface area contributed by atoms with Crippen molar-refractivity contribution < 1.29 is 22.7 Å². The number of anilines is 2. The molecule has 0 bridgehead atoms. The van der Waals surface area contributed by atoms with Crippen LogP contribution in [-0.4, -0.2) is 54.6 Å². The minimum absolute atomic E-state index is 0.00296. The summed E-state index contributed by atoms with van der Waals surface area (Å²) in [7, 11) is -4.28. The molecule has 1 saturated heterocycles. The van der Waals surface area contributed by atoms with Crippen molar-refractivity contribution in [2.45, 2.75) is 43.9 Å². The van der Waals surface area contributed by atoms with Gasteiger partial charge in [0.15, 0.2) is 5.03 Å². The summed E-state index contributed by atoms with van der Waals surface area (Å²) in [5.41, 5.74) is 7.07. The summed E-state index contributed by atoms with van der Waals surface area (Å²) in [6.07, 6.45) is 3.02. The standard InChI is InChI=1S/C30H32N6O5S/c1-20(2)40-27-14-11-21(19-32-27)25-13-12-24(30(37)35-42(38,39)28-10-6-9-26(31)34-28)29(33-25)36-17-15-23(16-18-36)41-22-7-4-3-5-8-22/h3-14,19-20,23H,15-18H2,1-2H3,(H2,31,34)(H,35,37). The van der Waals surface area contributed by atoms with Crippen LogP contribution in [-0.2, 0) is 10.0 Å². The molecule has 0 aliphatic carbocycles. The highest BCUT2D eigenvalue weighted by molar-refractivity contribution is 7.90. The number of nitrogens with zero attached hydrogens (tertiary/aromatic N) is 4. The van der Waals surface area contributed by atoms with Crippen molar-refractivity contribution in [1.82, 2.24) is 19.7 Å². The number of para-hydroxylation sites is 1. The van der Waals surface area contributed by atoms with E-state index in [4.69, 9.17) is 20.2 Å². The van der Waals surface area contributed by atoms with Crippen LogP contribution in [0.5, 0.6) is 11.6 Å². The molecule has 0 radical (unpaired) electrons. The lowest BCUT2D eigenvalue weighted by Gasteiger charge is -2.34. The number of nitrogen functional groups attached to an aromatic ring is 1. The second-order valence-corrected chi connectivity index (χ2v) is 11.7. The molecule has 1 aliphatic heterocycles. The Morgan fingerprint density at radius 2 is 1.74 bits per heavy atom. The van der Waals surface area contributed by atoms with Gasteiger partial charge in [-0.15, -0.1) is 0 Å². The monoisotopic (exact) mass is 588 g/mol. The maximum absolute atomic E-state index is 13.4. The molecule has 1 amide bonds. The number of piperidine rings is 1. The fourth-order valence-electron chi connectivity index (χ4n) is 4.56. The van der Waals surface area contributed by atoms with E-state index in [1.54, 1.807) is 24.4 Å². The average Bonchev–Trinajstić information content (AvgIpc) is 2.98. The van der Waals surface area contributed by atoms with Gasteiger partial charge in [-0.1, -0.05) is 24.3 Å². The number of nitrogens with two attached hydrogens (primary N) is 1. The Kier molecular flexibility index (Phi) is 8.53. The smallest absolute Gasteiger partial charge is 0.281 e. The van der Waals surface area contributed by atoms with E-state index in [-0.39, 0.29) is 28.6 Å². The van der Waals surface area contributed by atoms with Gasteiger partial charge in [-0.25, -0.2) is 19.7 Å². The Morgan fingerprint density at radius 3 is 2.40 bits per heavy atom. The molecule has 1 aliphatic rings. The van der Waals surface area contributed by atoms with E-state index in [1.165, 1.54) is 18.2 Å². The van der Waals surface area contributed by atoms with Crippen molar-refractivity contribution in [2.24, 2.45) is 0 Å². The van der Waals surface area contributed by atoms with Crippen LogP contribution in [0.15, 0.2) is 84.0 Å². The number of aromatic nitrogens is 3. The van der Waals surface area contributed by atoms with E-state index in [9.17, 15) is 13.2 Å². The lowest BCUT2D eigenvalue weighted by molar-refractivity contribution is 0.0981. The summed E-state index contributed by atoms with van der Waals surface area (Å²) >= 11 is 0. The molecule has 0 atom stereocenters. The van der Waals surface area contributed by atoms with Crippen LogP contribution in [0.1, 0.15) is 37.0 Å². The zero-order valence-electron chi connectivity index (χ0n) is 23.3. The van der Waals surface area contributed by atoms with Crippen molar-refractivity contribution in [3.63, 3.8) is 0 Å². The van der Waals surface area contributed by atoms with Crippen LogP contribution in [0.3, 0.4) is 0 Å². The molecule has 0 spiro atoms. The minimum atomic E-state index is -4.28. The quantitative estimate of drug-likeness (QED) is 0.293. The van der Waals surface area contributed by atoms with E-state index in [0.717, 1.165) is 11.3 Å². The van der Waals surface area contributed by atoms with E-state index in [2.05, 4.69) is 14.7 Å². The number of rotatable bonds is 9. The van der Waals surface area contributed by atoms with Crippen LogP contribution in [0.2, 0.25) is 0 Å². The molecule has 42 heavy (non-hydrogen) atoms. The second-order valence-electron chi connectivity index (χ2n) is 10.1. The number of hydrogen-bond donors (Lipinski definition) is 2. The molecular weight excluding hydrogens is 556 g/mol. The first-order valence-corrected chi connectivity index (χ1v) is 15.1. The predicted molar refractivity (Wildman–Crippen MR) is 159 cm³/mol.